The predicted molar refractivity (Wildman–Crippen MR) is 105 cm³/mol. The highest BCUT2D eigenvalue weighted by molar-refractivity contribution is 7.18. The average molecular weight is 412 g/mol. The fourth-order valence-corrected chi connectivity index (χ4v) is 3.42. The summed E-state index contributed by atoms with van der Waals surface area (Å²) >= 11 is 0.937. The lowest BCUT2D eigenvalue weighted by Gasteiger charge is -2.03. The number of hydrogen-bond donors (Lipinski definition) is 1. The molecule has 1 heterocycles. The van der Waals surface area contributed by atoms with E-state index in [1.807, 2.05) is 0 Å². The fraction of sp³-hybridized carbons (Fsp3) is 0.0556. The normalized spacial score (nSPS) is 10.4. The van der Waals surface area contributed by atoms with Gasteiger partial charge in [-0.25, -0.2) is 4.98 Å². The summed E-state index contributed by atoms with van der Waals surface area (Å²) in [6.07, 6.45) is 0. The topological polar surface area (TPSA) is 145 Å². The largest absolute Gasteiger partial charge is 0.298 e. The first-order valence-corrected chi connectivity index (χ1v) is 8.91. The molecule has 0 bridgehead atoms. The number of Topliss-reactive ketones (excluding diaryl/α,β-unsaturated/α-hetero) is 1. The number of rotatable bonds is 6. The maximum absolute atomic E-state index is 12.5. The van der Waals surface area contributed by atoms with E-state index in [2.05, 4.69) is 10.3 Å². The zero-order valence-corrected chi connectivity index (χ0v) is 15.6. The Bertz CT molecular complexity index is 1140. The van der Waals surface area contributed by atoms with Gasteiger partial charge in [0.1, 0.15) is 5.56 Å². The van der Waals surface area contributed by atoms with Gasteiger partial charge in [-0.1, -0.05) is 41.7 Å². The molecule has 11 heteroatoms. The molecule has 2 aromatic carbocycles. The third kappa shape index (κ3) is 4.14. The van der Waals surface area contributed by atoms with Crippen molar-refractivity contribution in [3.63, 3.8) is 0 Å². The number of ketones is 1. The zero-order valence-electron chi connectivity index (χ0n) is 14.8. The van der Waals surface area contributed by atoms with Gasteiger partial charge >= 0.3 is 0 Å². The first-order valence-electron chi connectivity index (χ1n) is 8.09. The van der Waals surface area contributed by atoms with Crippen LogP contribution in [0.2, 0.25) is 0 Å². The smallest absolute Gasteiger partial charge is 0.289 e. The number of aromatic nitrogens is 1. The van der Waals surface area contributed by atoms with Crippen molar-refractivity contribution in [1.82, 2.24) is 4.98 Å². The summed E-state index contributed by atoms with van der Waals surface area (Å²) in [6.45, 7) is 1.37. The van der Waals surface area contributed by atoms with Crippen LogP contribution in [0.1, 0.15) is 27.0 Å². The fourth-order valence-electron chi connectivity index (χ4n) is 2.55. The van der Waals surface area contributed by atoms with E-state index in [1.165, 1.54) is 6.92 Å². The Morgan fingerprint density at radius 3 is 2.31 bits per heavy atom. The van der Waals surface area contributed by atoms with Crippen LogP contribution in [0.15, 0.2) is 48.5 Å². The maximum Gasteiger partial charge on any atom is 0.289 e. The van der Waals surface area contributed by atoms with Crippen molar-refractivity contribution in [3.05, 3.63) is 79.2 Å². The Balaban J connectivity index is 1.97. The zero-order chi connectivity index (χ0) is 21.1. The van der Waals surface area contributed by atoms with Crippen LogP contribution < -0.4 is 5.32 Å². The van der Waals surface area contributed by atoms with E-state index in [4.69, 9.17) is 0 Å². The number of carbonyl (C=O) groups excluding carboxylic acids is 2. The number of carbonyl (C=O) groups is 2. The summed E-state index contributed by atoms with van der Waals surface area (Å²) in [5.74, 6) is -1.11. The second-order valence-corrected chi connectivity index (χ2v) is 6.79. The average Bonchev–Trinajstić information content (AvgIpc) is 3.12. The van der Waals surface area contributed by atoms with Gasteiger partial charge in [-0.2, -0.15) is 0 Å². The quantitative estimate of drug-likeness (QED) is 0.364. The molecular formula is C18H12N4O6S. The van der Waals surface area contributed by atoms with Crippen LogP contribution in [0, 0.1) is 20.2 Å². The van der Waals surface area contributed by atoms with E-state index in [-0.39, 0.29) is 16.5 Å². The van der Waals surface area contributed by atoms with E-state index >= 15 is 0 Å². The van der Waals surface area contributed by atoms with Crippen LogP contribution in [0.5, 0.6) is 0 Å². The van der Waals surface area contributed by atoms with Crippen molar-refractivity contribution in [2.75, 3.05) is 5.32 Å². The van der Waals surface area contributed by atoms with E-state index in [0.717, 1.165) is 23.5 Å². The molecule has 3 aromatic rings. The molecule has 146 valence electrons. The molecule has 3 rings (SSSR count). The molecule has 0 saturated carbocycles. The van der Waals surface area contributed by atoms with Gasteiger partial charge in [0.05, 0.1) is 26.5 Å². The Morgan fingerprint density at radius 2 is 1.72 bits per heavy atom. The maximum atomic E-state index is 12.5. The molecule has 0 aliphatic heterocycles. The molecule has 1 aromatic heterocycles. The third-order valence-corrected chi connectivity index (χ3v) is 4.92. The van der Waals surface area contributed by atoms with Crippen LogP contribution in [0.25, 0.3) is 11.3 Å². The summed E-state index contributed by atoms with van der Waals surface area (Å²) in [5, 5.41) is 24.6. The molecule has 1 amide bonds. The van der Waals surface area contributed by atoms with Crippen LogP contribution >= 0.6 is 11.3 Å². The first-order chi connectivity index (χ1) is 13.8. The minimum Gasteiger partial charge on any atom is -0.298 e. The standard InChI is InChI=1S/C18H12N4O6S/c1-10(23)16-15(11-5-3-2-4-6-11)19-18(29-16)20-17(24)13-8-7-12(21(25)26)9-14(13)22(27)28/h2-9H,1H3,(H,19,20,24). The van der Waals surface area contributed by atoms with Crippen LogP contribution in [-0.4, -0.2) is 26.5 Å². The lowest BCUT2D eigenvalue weighted by atomic mass is 10.1. The summed E-state index contributed by atoms with van der Waals surface area (Å²) in [5.41, 5.74) is -0.509. The summed E-state index contributed by atoms with van der Waals surface area (Å²) < 4.78 is 0. The van der Waals surface area contributed by atoms with Gasteiger partial charge in [-0.05, 0) is 6.07 Å². The molecule has 0 unspecified atom stereocenters. The van der Waals surface area contributed by atoms with Gasteiger partial charge in [0.15, 0.2) is 10.9 Å². The van der Waals surface area contributed by atoms with E-state index in [1.54, 1.807) is 30.3 Å². The van der Waals surface area contributed by atoms with E-state index in [9.17, 15) is 29.8 Å². The Labute approximate surface area is 167 Å². The van der Waals surface area contributed by atoms with Gasteiger partial charge in [0.25, 0.3) is 17.3 Å². The van der Waals surface area contributed by atoms with Gasteiger partial charge < -0.3 is 0 Å². The second kappa shape index (κ2) is 7.94. The number of hydrogen-bond acceptors (Lipinski definition) is 8. The Kier molecular flexibility index (Phi) is 5.41. The number of nitro benzene ring substituents is 2. The predicted octanol–water partition coefficient (Wildman–Crippen LogP) is 4.08. The van der Waals surface area contributed by atoms with Crippen LogP contribution in [-0.2, 0) is 0 Å². The number of nitro groups is 2. The molecule has 29 heavy (non-hydrogen) atoms. The number of nitrogens with one attached hydrogen (secondary N) is 1. The third-order valence-electron chi connectivity index (χ3n) is 3.85. The van der Waals surface area contributed by atoms with Crippen molar-refractivity contribution in [2.24, 2.45) is 0 Å². The highest BCUT2D eigenvalue weighted by Crippen LogP contribution is 2.32. The molecule has 0 fully saturated rings. The molecule has 0 radical (unpaired) electrons. The first kappa shape index (κ1) is 19.8. The molecule has 10 nitrogen and oxygen atoms in total. The van der Waals surface area contributed by atoms with E-state index < -0.39 is 27.1 Å². The number of amides is 1. The summed E-state index contributed by atoms with van der Waals surface area (Å²) in [7, 11) is 0. The molecule has 0 aliphatic rings. The van der Waals surface area contributed by atoms with Gasteiger partial charge in [0.2, 0.25) is 0 Å². The number of non-ortho nitro benzene ring substituents is 1. The molecule has 0 aliphatic carbocycles. The number of benzene rings is 2. The Morgan fingerprint density at radius 1 is 1.03 bits per heavy atom. The van der Waals surface area contributed by atoms with Crippen molar-refractivity contribution in [2.45, 2.75) is 6.92 Å². The highest BCUT2D eigenvalue weighted by atomic mass is 32.1. The summed E-state index contributed by atoms with van der Waals surface area (Å²) in [6, 6.07) is 11.6. The van der Waals surface area contributed by atoms with Gasteiger partial charge in [-0.15, -0.1) is 0 Å². The molecule has 0 saturated heterocycles. The minimum absolute atomic E-state index is 0.0757. The van der Waals surface area contributed by atoms with Gasteiger partial charge in [0, 0.05) is 18.6 Å². The molecular weight excluding hydrogens is 400 g/mol. The SMILES string of the molecule is CC(=O)c1sc(NC(=O)c2ccc([N+](=O)[O-])cc2[N+](=O)[O-])nc1-c1ccccc1. The molecule has 1 N–H and O–H groups in total. The monoisotopic (exact) mass is 412 g/mol. The highest BCUT2D eigenvalue weighted by Gasteiger charge is 2.25. The van der Waals surface area contributed by atoms with Gasteiger partial charge in [-0.3, -0.25) is 35.1 Å². The van der Waals surface area contributed by atoms with E-state index in [0.29, 0.717) is 22.2 Å². The second-order valence-electron chi connectivity index (χ2n) is 5.79. The van der Waals surface area contributed by atoms with Crippen molar-refractivity contribution >= 4 is 39.5 Å². The molecule has 0 spiro atoms. The lowest BCUT2D eigenvalue weighted by molar-refractivity contribution is -0.394. The number of thiazole rings is 1. The van der Waals surface area contributed by atoms with Crippen molar-refractivity contribution in [1.29, 1.82) is 0 Å². The Hall–Kier alpha value is -3.99. The van der Waals surface area contributed by atoms with Crippen LogP contribution in [0.3, 0.4) is 0 Å². The number of anilines is 1. The summed E-state index contributed by atoms with van der Waals surface area (Å²) in [4.78, 5) is 49.5. The minimum atomic E-state index is -0.875. The van der Waals surface area contributed by atoms with Crippen molar-refractivity contribution < 1.29 is 19.4 Å². The lowest BCUT2D eigenvalue weighted by Crippen LogP contribution is -2.14. The van der Waals surface area contributed by atoms with Crippen LogP contribution in [0.4, 0.5) is 16.5 Å². The van der Waals surface area contributed by atoms with Crippen molar-refractivity contribution in [3.8, 4) is 11.3 Å². The molecule has 0 atom stereocenters. The number of nitrogens with zero attached hydrogens (tertiary/aromatic N) is 3.